The lowest BCUT2D eigenvalue weighted by molar-refractivity contribution is -0.120. The smallest absolute Gasteiger partial charge is 0.269 e. The van der Waals surface area contributed by atoms with Crippen LogP contribution < -0.4 is 0 Å². The fraction of sp³-hybridized carbons (Fsp3) is 0.333. The van der Waals surface area contributed by atoms with Gasteiger partial charge in [-0.2, -0.15) is 0 Å². The van der Waals surface area contributed by atoms with Crippen molar-refractivity contribution < 1.29 is 18.0 Å². The molecule has 0 spiro atoms. The summed E-state index contributed by atoms with van der Waals surface area (Å²) in [5, 5.41) is 0. The highest BCUT2D eigenvalue weighted by Crippen LogP contribution is 2.33. The summed E-state index contributed by atoms with van der Waals surface area (Å²) >= 11 is 0. The quantitative estimate of drug-likeness (QED) is 0.810. The first kappa shape index (κ1) is 11.4. The molecule has 1 heterocycles. The van der Waals surface area contributed by atoms with Crippen molar-refractivity contribution >= 4 is 21.7 Å². The van der Waals surface area contributed by atoms with Crippen molar-refractivity contribution in [3.63, 3.8) is 0 Å². The number of hydrogen-bond donors (Lipinski definition) is 0. The fourth-order valence-electron chi connectivity index (χ4n) is 2.06. The minimum absolute atomic E-state index is 0.00130. The van der Waals surface area contributed by atoms with Gasteiger partial charge in [-0.25, -0.2) is 12.7 Å². The van der Waals surface area contributed by atoms with Gasteiger partial charge in [0.2, 0.25) is 0 Å². The van der Waals surface area contributed by atoms with E-state index in [4.69, 9.17) is 0 Å². The molecule has 3 rings (SSSR count). The highest BCUT2D eigenvalue weighted by Gasteiger charge is 2.43. The van der Waals surface area contributed by atoms with Crippen LogP contribution in [-0.2, 0) is 14.8 Å². The molecule has 1 fully saturated rings. The van der Waals surface area contributed by atoms with Crippen LogP contribution in [-0.4, -0.2) is 31.0 Å². The highest BCUT2D eigenvalue weighted by molar-refractivity contribution is 7.90. The number of nitrogens with zero attached hydrogens (tertiary/aromatic N) is 1. The van der Waals surface area contributed by atoms with Gasteiger partial charge in [0, 0.05) is 5.92 Å². The summed E-state index contributed by atoms with van der Waals surface area (Å²) in [6.07, 6.45) is 1.60. The van der Waals surface area contributed by atoms with Crippen LogP contribution in [0.15, 0.2) is 29.2 Å². The van der Waals surface area contributed by atoms with Crippen LogP contribution in [0.25, 0.3) is 0 Å². The average molecular weight is 265 g/mol. The molecule has 1 amide bonds. The molecule has 94 valence electrons. The molecule has 0 saturated heterocycles. The van der Waals surface area contributed by atoms with Gasteiger partial charge in [0.25, 0.3) is 15.9 Å². The maximum absolute atomic E-state index is 12.1. The molecule has 0 atom stereocenters. The molecule has 1 saturated carbocycles. The van der Waals surface area contributed by atoms with Gasteiger partial charge in [0.15, 0.2) is 5.78 Å². The molecule has 0 unspecified atom stereocenters. The zero-order valence-corrected chi connectivity index (χ0v) is 10.3. The summed E-state index contributed by atoms with van der Waals surface area (Å²) in [5.74, 6) is -0.823. The van der Waals surface area contributed by atoms with Crippen molar-refractivity contribution in [3.8, 4) is 0 Å². The van der Waals surface area contributed by atoms with Crippen molar-refractivity contribution in [2.75, 3.05) is 6.54 Å². The van der Waals surface area contributed by atoms with Crippen molar-refractivity contribution in [3.05, 3.63) is 29.8 Å². The number of sulfonamides is 1. The van der Waals surface area contributed by atoms with Crippen LogP contribution in [0.5, 0.6) is 0 Å². The number of amides is 1. The number of fused-ring (bicyclic) bond motifs is 1. The van der Waals surface area contributed by atoms with E-state index in [-0.39, 0.29) is 28.7 Å². The molecule has 18 heavy (non-hydrogen) atoms. The van der Waals surface area contributed by atoms with Gasteiger partial charge in [0.05, 0.1) is 12.1 Å². The lowest BCUT2D eigenvalue weighted by atomic mass is 10.2. The van der Waals surface area contributed by atoms with Gasteiger partial charge < -0.3 is 0 Å². The Hall–Kier alpha value is -1.69. The van der Waals surface area contributed by atoms with Crippen LogP contribution in [0, 0.1) is 5.92 Å². The second-order valence-electron chi connectivity index (χ2n) is 4.55. The Morgan fingerprint density at radius 3 is 2.56 bits per heavy atom. The number of ketones is 1. The van der Waals surface area contributed by atoms with Crippen LogP contribution >= 0.6 is 0 Å². The van der Waals surface area contributed by atoms with E-state index in [1.165, 1.54) is 12.1 Å². The van der Waals surface area contributed by atoms with E-state index >= 15 is 0 Å². The van der Waals surface area contributed by atoms with E-state index in [2.05, 4.69) is 0 Å². The summed E-state index contributed by atoms with van der Waals surface area (Å²) in [7, 11) is -3.83. The molecule has 0 aromatic heterocycles. The average Bonchev–Trinajstić information content (AvgIpc) is 3.16. The van der Waals surface area contributed by atoms with Crippen LogP contribution in [0.1, 0.15) is 23.2 Å². The molecule has 5 nitrogen and oxygen atoms in total. The van der Waals surface area contributed by atoms with E-state index in [1.54, 1.807) is 12.1 Å². The molecule has 0 radical (unpaired) electrons. The topological polar surface area (TPSA) is 71.5 Å². The maximum Gasteiger partial charge on any atom is 0.269 e. The summed E-state index contributed by atoms with van der Waals surface area (Å²) in [6, 6.07) is 6.04. The van der Waals surface area contributed by atoms with Crippen molar-refractivity contribution in [2.45, 2.75) is 17.7 Å². The Labute approximate surface area is 104 Å². The fourth-order valence-corrected chi connectivity index (χ4v) is 3.60. The standard InChI is InChI=1S/C12H11NO4S/c14-10(8-5-6-8)7-13-12(15)9-3-1-2-4-11(9)18(13,16)17/h1-4,8H,5-7H2. The van der Waals surface area contributed by atoms with Gasteiger partial charge in [-0.3, -0.25) is 9.59 Å². The second-order valence-corrected chi connectivity index (χ2v) is 6.38. The number of Topliss-reactive ketones (excluding diaryl/α,β-unsaturated/α-hetero) is 1. The third-order valence-electron chi connectivity index (χ3n) is 3.24. The molecule has 1 aliphatic heterocycles. The first-order valence-electron chi connectivity index (χ1n) is 5.70. The Morgan fingerprint density at radius 1 is 1.28 bits per heavy atom. The third-order valence-corrected chi connectivity index (χ3v) is 5.03. The largest absolute Gasteiger partial charge is 0.297 e. The normalized spacial score (nSPS) is 20.9. The van der Waals surface area contributed by atoms with Gasteiger partial charge >= 0.3 is 0 Å². The zero-order valence-electron chi connectivity index (χ0n) is 9.50. The van der Waals surface area contributed by atoms with Crippen molar-refractivity contribution in [1.29, 1.82) is 0 Å². The lowest BCUT2D eigenvalue weighted by Crippen LogP contribution is -2.35. The van der Waals surface area contributed by atoms with Crippen molar-refractivity contribution in [1.82, 2.24) is 4.31 Å². The minimum atomic E-state index is -3.83. The molecule has 1 aromatic carbocycles. The molecular formula is C12H11NO4S. The highest BCUT2D eigenvalue weighted by atomic mass is 32.2. The summed E-state index contributed by atoms with van der Waals surface area (Å²) in [6.45, 7) is -0.333. The molecule has 1 aliphatic carbocycles. The lowest BCUT2D eigenvalue weighted by Gasteiger charge is -2.13. The van der Waals surface area contributed by atoms with E-state index in [1.807, 2.05) is 0 Å². The Balaban J connectivity index is 1.98. The summed E-state index contributed by atoms with van der Waals surface area (Å²) < 4.78 is 24.9. The number of carbonyl (C=O) groups excluding carboxylic acids is 2. The monoisotopic (exact) mass is 265 g/mol. The third kappa shape index (κ3) is 1.56. The predicted molar refractivity (Wildman–Crippen MR) is 62.4 cm³/mol. The molecule has 0 N–H and O–H groups in total. The Kier molecular flexibility index (Phi) is 2.31. The Morgan fingerprint density at radius 2 is 1.94 bits per heavy atom. The zero-order chi connectivity index (χ0) is 12.9. The van der Waals surface area contributed by atoms with Crippen LogP contribution in [0.4, 0.5) is 0 Å². The Bertz CT molecular complexity index is 646. The van der Waals surface area contributed by atoms with Gasteiger partial charge in [-0.1, -0.05) is 12.1 Å². The first-order chi connectivity index (χ1) is 8.51. The second kappa shape index (κ2) is 3.65. The summed E-state index contributed by atoms with van der Waals surface area (Å²) in [4.78, 5) is 23.7. The molecule has 6 heteroatoms. The molecular weight excluding hydrogens is 254 g/mol. The van der Waals surface area contributed by atoms with E-state index in [9.17, 15) is 18.0 Å². The number of carbonyl (C=O) groups is 2. The van der Waals surface area contributed by atoms with Gasteiger partial charge in [-0.05, 0) is 25.0 Å². The summed E-state index contributed by atoms with van der Waals surface area (Å²) in [5.41, 5.74) is 0.154. The molecule has 2 aliphatic rings. The van der Waals surface area contributed by atoms with E-state index in [0.717, 1.165) is 12.8 Å². The minimum Gasteiger partial charge on any atom is -0.297 e. The van der Waals surface area contributed by atoms with E-state index in [0.29, 0.717) is 4.31 Å². The van der Waals surface area contributed by atoms with Crippen LogP contribution in [0.3, 0.4) is 0 Å². The number of benzene rings is 1. The van der Waals surface area contributed by atoms with E-state index < -0.39 is 15.9 Å². The molecule has 1 aromatic rings. The van der Waals surface area contributed by atoms with Crippen LogP contribution in [0.2, 0.25) is 0 Å². The SMILES string of the molecule is O=C(CN1C(=O)c2ccccc2S1(=O)=O)C1CC1. The van der Waals surface area contributed by atoms with Gasteiger partial charge in [-0.15, -0.1) is 0 Å². The van der Waals surface area contributed by atoms with Crippen molar-refractivity contribution in [2.24, 2.45) is 5.92 Å². The van der Waals surface area contributed by atoms with Gasteiger partial charge in [0.1, 0.15) is 4.90 Å². The number of rotatable bonds is 3. The maximum atomic E-state index is 12.1. The number of hydrogen-bond acceptors (Lipinski definition) is 4. The first-order valence-corrected chi connectivity index (χ1v) is 7.14. The predicted octanol–water partition coefficient (Wildman–Crippen LogP) is 0.810. The molecule has 0 bridgehead atoms.